The molecule has 1 aromatic rings. The summed E-state index contributed by atoms with van der Waals surface area (Å²) in [5.41, 5.74) is 0.709. The molecule has 0 fully saturated rings. The fourth-order valence-corrected chi connectivity index (χ4v) is 1.63. The zero-order valence-corrected chi connectivity index (χ0v) is 10.0. The van der Waals surface area contributed by atoms with Gasteiger partial charge < -0.3 is 4.74 Å². The van der Waals surface area contributed by atoms with Crippen LogP contribution in [0.4, 0.5) is 0 Å². The van der Waals surface area contributed by atoms with Gasteiger partial charge >= 0.3 is 0 Å². The molecule has 16 heavy (non-hydrogen) atoms. The van der Waals surface area contributed by atoms with E-state index < -0.39 is 0 Å². The second-order valence-electron chi connectivity index (χ2n) is 3.55. The van der Waals surface area contributed by atoms with Crippen molar-refractivity contribution in [2.24, 2.45) is 0 Å². The molecule has 0 heterocycles. The molecule has 0 spiro atoms. The number of methoxy groups -OCH3 is 1. The maximum atomic E-state index is 11.5. The van der Waals surface area contributed by atoms with Crippen LogP contribution in [0.15, 0.2) is 18.2 Å². The van der Waals surface area contributed by atoms with Gasteiger partial charge in [0.25, 0.3) is 0 Å². The number of halogens is 1. The first kappa shape index (κ1) is 12.7. The highest BCUT2D eigenvalue weighted by atomic mass is 35.5. The zero-order chi connectivity index (χ0) is 12.1. The second-order valence-corrected chi connectivity index (χ2v) is 3.99. The number of rotatable bonds is 5. The Morgan fingerprint density at radius 2 is 2.06 bits per heavy atom. The third kappa shape index (κ3) is 3.66. The first-order valence-electron chi connectivity index (χ1n) is 4.86. The van der Waals surface area contributed by atoms with Crippen LogP contribution in [0, 0.1) is 0 Å². The smallest absolute Gasteiger partial charge is 0.144 e. The molecule has 0 saturated heterocycles. The fraction of sp³-hybridized carbons (Fsp3) is 0.333. The van der Waals surface area contributed by atoms with Crippen LogP contribution in [0.1, 0.15) is 18.9 Å². The molecule has 0 amide bonds. The van der Waals surface area contributed by atoms with Crippen LogP contribution in [0.25, 0.3) is 0 Å². The predicted octanol–water partition coefficient (Wildman–Crippen LogP) is 2.44. The number of Topliss-reactive ketones (excluding diaryl/α,β-unsaturated/α-hetero) is 2. The van der Waals surface area contributed by atoms with Crippen molar-refractivity contribution >= 4 is 23.2 Å². The Bertz CT molecular complexity index is 413. The fourth-order valence-electron chi connectivity index (χ4n) is 1.44. The Balaban J connectivity index is 2.83. The van der Waals surface area contributed by atoms with E-state index in [1.54, 1.807) is 18.2 Å². The van der Waals surface area contributed by atoms with E-state index in [-0.39, 0.29) is 24.4 Å². The van der Waals surface area contributed by atoms with E-state index in [4.69, 9.17) is 16.3 Å². The molecule has 0 bridgehead atoms. The van der Waals surface area contributed by atoms with E-state index in [9.17, 15) is 9.59 Å². The summed E-state index contributed by atoms with van der Waals surface area (Å²) in [7, 11) is 1.53. The van der Waals surface area contributed by atoms with Crippen LogP contribution in [-0.4, -0.2) is 18.7 Å². The van der Waals surface area contributed by atoms with Gasteiger partial charge in [-0.3, -0.25) is 9.59 Å². The van der Waals surface area contributed by atoms with Crippen molar-refractivity contribution in [3.05, 3.63) is 28.8 Å². The number of ketones is 2. The van der Waals surface area contributed by atoms with Crippen LogP contribution < -0.4 is 4.74 Å². The lowest BCUT2D eigenvalue weighted by Gasteiger charge is -2.07. The number of carbonyl (C=O) groups is 2. The van der Waals surface area contributed by atoms with Gasteiger partial charge in [0.15, 0.2) is 0 Å². The number of carbonyl (C=O) groups excluding carboxylic acids is 2. The molecular weight excluding hydrogens is 228 g/mol. The van der Waals surface area contributed by atoms with Gasteiger partial charge in [0.2, 0.25) is 0 Å². The van der Waals surface area contributed by atoms with Crippen LogP contribution in [-0.2, 0) is 16.0 Å². The van der Waals surface area contributed by atoms with E-state index in [0.29, 0.717) is 16.3 Å². The average molecular weight is 241 g/mol. The summed E-state index contributed by atoms with van der Waals surface area (Å²) in [5.74, 6) is 0.348. The van der Waals surface area contributed by atoms with Gasteiger partial charge in [0.1, 0.15) is 17.3 Å². The van der Waals surface area contributed by atoms with Gasteiger partial charge in [-0.25, -0.2) is 0 Å². The molecule has 0 aliphatic heterocycles. The van der Waals surface area contributed by atoms with E-state index in [1.807, 2.05) is 0 Å². The highest BCUT2D eigenvalue weighted by molar-refractivity contribution is 6.30. The normalized spacial score (nSPS) is 9.94. The predicted molar refractivity (Wildman–Crippen MR) is 62.0 cm³/mol. The molecule has 0 unspecified atom stereocenters. The first-order valence-corrected chi connectivity index (χ1v) is 5.24. The van der Waals surface area contributed by atoms with Crippen LogP contribution >= 0.6 is 11.6 Å². The maximum absolute atomic E-state index is 11.5. The van der Waals surface area contributed by atoms with E-state index in [0.717, 1.165) is 0 Å². The second kappa shape index (κ2) is 5.66. The lowest BCUT2D eigenvalue weighted by atomic mass is 10.0. The van der Waals surface area contributed by atoms with Crippen molar-refractivity contribution in [3.8, 4) is 5.75 Å². The molecule has 0 radical (unpaired) electrons. The summed E-state index contributed by atoms with van der Waals surface area (Å²) >= 11 is 5.83. The third-order valence-corrected chi connectivity index (χ3v) is 2.31. The maximum Gasteiger partial charge on any atom is 0.144 e. The summed E-state index contributed by atoms with van der Waals surface area (Å²) in [6.07, 6.45) is 0.124. The van der Waals surface area contributed by atoms with Gasteiger partial charge in [-0.2, -0.15) is 0 Å². The highest BCUT2D eigenvalue weighted by Gasteiger charge is 2.11. The topological polar surface area (TPSA) is 43.4 Å². The Hall–Kier alpha value is -1.35. The van der Waals surface area contributed by atoms with E-state index >= 15 is 0 Å². The molecule has 4 heteroatoms. The molecule has 1 aromatic carbocycles. The standard InChI is InChI=1S/C12H13ClO3/c1-8(14)5-11(15)7-9-6-10(13)3-4-12(9)16-2/h3-4,6H,5,7H2,1-2H3. The Labute approximate surface area is 99.4 Å². The summed E-state index contributed by atoms with van der Waals surface area (Å²) in [6, 6.07) is 5.08. The molecule has 0 N–H and O–H groups in total. The molecule has 0 aliphatic carbocycles. The van der Waals surface area contributed by atoms with Crippen molar-refractivity contribution in [2.45, 2.75) is 19.8 Å². The minimum absolute atomic E-state index is 0.0460. The van der Waals surface area contributed by atoms with E-state index in [1.165, 1.54) is 14.0 Å². The zero-order valence-electron chi connectivity index (χ0n) is 9.25. The Morgan fingerprint density at radius 1 is 1.38 bits per heavy atom. The molecular formula is C12H13ClO3. The van der Waals surface area contributed by atoms with Gasteiger partial charge in [-0.05, 0) is 25.1 Å². The van der Waals surface area contributed by atoms with Crippen molar-refractivity contribution < 1.29 is 14.3 Å². The third-order valence-electron chi connectivity index (χ3n) is 2.08. The van der Waals surface area contributed by atoms with Crippen molar-refractivity contribution in [1.29, 1.82) is 0 Å². The average Bonchev–Trinajstić information content (AvgIpc) is 2.16. The lowest BCUT2D eigenvalue weighted by molar-refractivity contribution is -0.125. The van der Waals surface area contributed by atoms with E-state index in [2.05, 4.69) is 0 Å². The molecule has 0 saturated carbocycles. The van der Waals surface area contributed by atoms with Gasteiger partial charge in [-0.15, -0.1) is 0 Å². The first-order chi connectivity index (χ1) is 7.52. The van der Waals surface area contributed by atoms with Gasteiger partial charge in [0, 0.05) is 17.0 Å². The summed E-state index contributed by atoms with van der Waals surface area (Å²) in [4.78, 5) is 22.3. The van der Waals surface area contributed by atoms with Crippen molar-refractivity contribution in [2.75, 3.05) is 7.11 Å². The number of ether oxygens (including phenoxy) is 1. The van der Waals surface area contributed by atoms with Gasteiger partial charge in [-0.1, -0.05) is 11.6 Å². The SMILES string of the molecule is COc1ccc(Cl)cc1CC(=O)CC(C)=O. The number of hydrogen-bond donors (Lipinski definition) is 0. The molecule has 3 nitrogen and oxygen atoms in total. The molecule has 0 aliphatic rings. The van der Waals surface area contributed by atoms with Crippen molar-refractivity contribution in [1.82, 2.24) is 0 Å². The summed E-state index contributed by atoms with van der Waals surface area (Å²) in [5, 5.41) is 0.548. The monoisotopic (exact) mass is 240 g/mol. The minimum atomic E-state index is -0.133. The highest BCUT2D eigenvalue weighted by Crippen LogP contribution is 2.23. The quantitative estimate of drug-likeness (QED) is 0.743. The minimum Gasteiger partial charge on any atom is -0.496 e. The molecule has 0 atom stereocenters. The van der Waals surface area contributed by atoms with Crippen LogP contribution in [0.3, 0.4) is 0 Å². The van der Waals surface area contributed by atoms with Crippen LogP contribution in [0.5, 0.6) is 5.75 Å². The molecule has 86 valence electrons. The number of hydrogen-bond acceptors (Lipinski definition) is 3. The lowest BCUT2D eigenvalue weighted by Crippen LogP contribution is -2.08. The summed E-state index contributed by atoms with van der Waals surface area (Å²) < 4.78 is 5.11. The molecule has 0 aromatic heterocycles. The molecule has 1 rings (SSSR count). The summed E-state index contributed by atoms with van der Waals surface area (Å²) in [6.45, 7) is 1.40. The van der Waals surface area contributed by atoms with Gasteiger partial charge in [0.05, 0.1) is 13.5 Å². The van der Waals surface area contributed by atoms with Crippen LogP contribution in [0.2, 0.25) is 5.02 Å². The Kier molecular flexibility index (Phi) is 4.50. The number of benzene rings is 1. The van der Waals surface area contributed by atoms with Crippen molar-refractivity contribution in [3.63, 3.8) is 0 Å². The Morgan fingerprint density at radius 3 is 2.62 bits per heavy atom. The largest absolute Gasteiger partial charge is 0.496 e.